The molecule has 0 aliphatic heterocycles. The average Bonchev–Trinajstić information content (AvgIpc) is 2.44. The van der Waals surface area contributed by atoms with Crippen LogP contribution < -0.4 is 14.8 Å². The third-order valence-corrected chi connectivity index (χ3v) is 2.94. The molecule has 0 bridgehead atoms. The third kappa shape index (κ3) is 3.17. The summed E-state index contributed by atoms with van der Waals surface area (Å²) in [6, 6.07) is 2.57. The summed E-state index contributed by atoms with van der Waals surface area (Å²) in [5.41, 5.74) is -0.243. The normalized spacial score (nSPS) is 11.6. The monoisotopic (exact) mass is 282 g/mol. The first kappa shape index (κ1) is 15.7. The van der Waals surface area contributed by atoms with Crippen LogP contribution in [0.1, 0.15) is 30.6 Å². The van der Waals surface area contributed by atoms with Crippen molar-refractivity contribution in [2.75, 3.05) is 14.2 Å². The molecule has 0 aliphatic carbocycles. The summed E-state index contributed by atoms with van der Waals surface area (Å²) >= 11 is 0. The highest BCUT2D eigenvalue weighted by Crippen LogP contribution is 2.37. The first-order valence-electron chi connectivity index (χ1n) is 6.16. The van der Waals surface area contributed by atoms with E-state index < -0.39 is 10.8 Å². The van der Waals surface area contributed by atoms with Gasteiger partial charge in [0.2, 0.25) is 5.75 Å². The van der Waals surface area contributed by atoms with Crippen LogP contribution in [-0.4, -0.2) is 31.1 Å². The Hall–Kier alpha value is -2.31. The molecule has 7 heteroatoms. The van der Waals surface area contributed by atoms with Gasteiger partial charge in [0.15, 0.2) is 0 Å². The number of rotatable bonds is 6. The molecule has 0 heterocycles. The van der Waals surface area contributed by atoms with Crippen LogP contribution in [0.25, 0.3) is 0 Å². The second-order valence-corrected chi connectivity index (χ2v) is 4.24. The van der Waals surface area contributed by atoms with E-state index in [-0.39, 0.29) is 28.8 Å². The Labute approximate surface area is 117 Å². The van der Waals surface area contributed by atoms with E-state index in [1.165, 1.54) is 26.4 Å². The van der Waals surface area contributed by atoms with Gasteiger partial charge in [0.05, 0.1) is 19.1 Å². The van der Waals surface area contributed by atoms with Gasteiger partial charge in [0, 0.05) is 12.1 Å². The van der Waals surface area contributed by atoms with Crippen LogP contribution >= 0.6 is 0 Å². The molecule has 1 amide bonds. The quantitative estimate of drug-likeness (QED) is 0.637. The van der Waals surface area contributed by atoms with E-state index in [1.54, 1.807) is 0 Å². The highest BCUT2D eigenvalue weighted by Gasteiger charge is 2.27. The zero-order valence-corrected chi connectivity index (χ0v) is 11.9. The van der Waals surface area contributed by atoms with Gasteiger partial charge >= 0.3 is 5.69 Å². The maximum absolute atomic E-state index is 12.3. The van der Waals surface area contributed by atoms with Gasteiger partial charge in [0.25, 0.3) is 5.91 Å². The fourth-order valence-electron chi connectivity index (χ4n) is 1.69. The number of hydrogen-bond donors (Lipinski definition) is 1. The first-order chi connectivity index (χ1) is 9.46. The average molecular weight is 282 g/mol. The molecule has 0 fully saturated rings. The van der Waals surface area contributed by atoms with E-state index in [4.69, 9.17) is 9.47 Å². The molecule has 1 rings (SSSR count). The predicted molar refractivity (Wildman–Crippen MR) is 73.4 cm³/mol. The number of nitrogens with zero attached hydrogens (tertiary/aromatic N) is 1. The van der Waals surface area contributed by atoms with E-state index in [1.807, 2.05) is 13.8 Å². The molecule has 20 heavy (non-hydrogen) atoms. The minimum atomic E-state index is -0.599. The molecular weight excluding hydrogens is 264 g/mol. The molecule has 1 atom stereocenters. The molecule has 1 aromatic carbocycles. The highest BCUT2D eigenvalue weighted by atomic mass is 16.6. The van der Waals surface area contributed by atoms with Crippen LogP contribution in [0.4, 0.5) is 5.69 Å². The summed E-state index contributed by atoms with van der Waals surface area (Å²) in [4.78, 5) is 22.6. The highest BCUT2D eigenvalue weighted by molar-refractivity contribution is 6.01. The lowest BCUT2D eigenvalue weighted by atomic mass is 10.1. The maximum atomic E-state index is 12.3. The van der Waals surface area contributed by atoms with Crippen LogP contribution in [-0.2, 0) is 0 Å². The van der Waals surface area contributed by atoms with Crippen molar-refractivity contribution in [3.63, 3.8) is 0 Å². The summed E-state index contributed by atoms with van der Waals surface area (Å²) in [7, 11) is 2.67. The maximum Gasteiger partial charge on any atom is 0.312 e. The van der Waals surface area contributed by atoms with Crippen molar-refractivity contribution in [1.82, 2.24) is 5.32 Å². The third-order valence-electron chi connectivity index (χ3n) is 2.94. The number of nitro benzene ring substituents is 1. The van der Waals surface area contributed by atoms with Crippen LogP contribution in [0.3, 0.4) is 0 Å². The van der Waals surface area contributed by atoms with Gasteiger partial charge in [-0.2, -0.15) is 0 Å². The zero-order valence-electron chi connectivity index (χ0n) is 11.9. The van der Waals surface area contributed by atoms with Crippen molar-refractivity contribution < 1.29 is 19.2 Å². The largest absolute Gasteiger partial charge is 0.496 e. The summed E-state index contributed by atoms with van der Waals surface area (Å²) in [5.74, 6) is -0.333. The van der Waals surface area contributed by atoms with Crippen molar-refractivity contribution >= 4 is 11.6 Å². The number of carbonyl (C=O) groups excluding carboxylic acids is 1. The van der Waals surface area contributed by atoms with Gasteiger partial charge < -0.3 is 14.8 Å². The van der Waals surface area contributed by atoms with E-state index >= 15 is 0 Å². The van der Waals surface area contributed by atoms with Gasteiger partial charge in [-0.05, 0) is 19.4 Å². The van der Waals surface area contributed by atoms with Crippen molar-refractivity contribution in [3.05, 3.63) is 27.8 Å². The number of benzene rings is 1. The Balaban J connectivity index is 3.36. The number of methoxy groups -OCH3 is 2. The van der Waals surface area contributed by atoms with Crippen molar-refractivity contribution in [1.29, 1.82) is 0 Å². The number of nitrogens with one attached hydrogen (secondary N) is 1. The van der Waals surface area contributed by atoms with E-state index in [2.05, 4.69) is 5.32 Å². The Morgan fingerprint density at radius 2 is 2.05 bits per heavy atom. The van der Waals surface area contributed by atoms with Gasteiger partial charge in [-0.25, -0.2) is 0 Å². The molecule has 0 saturated carbocycles. The summed E-state index contributed by atoms with van der Waals surface area (Å²) < 4.78 is 10.1. The molecule has 110 valence electrons. The summed E-state index contributed by atoms with van der Waals surface area (Å²) in [6.07, 6.45) is 0.741. The zero-order chi connectivity index (χ0) is 15.3. The van der Waals surface area contributed by atoms with Crippen molar-refractivity contribution in [3.8, 4) is 11.5 Å². The second-order valence-electron chi connectivity index (χ2n) is 4.24. The van der Waals surface area contributed by atoms with Crippen LogP contribution in [0.2, 0.25) is 0 Å². The molecule has 0 saturated heterocycles. The lowest BCUT2D eigenvalue weighted by Gasteiger charge is -2.16. The summed E-state index contributed by atoms with van der Waals surface area (Å²) in [6.45, 7) is 3.76. The fraction of sp³-hybridized carbons (Fsp3) is 0.462. The van der Waals surface area contributed by atoms with Gasteiger partial charge in [0.1, 0.15) is 11.3 Å². The lowest BCUT2D eigenvalue weighted by molar-refractivity contribution is -0.385. The molecule has 0 aliphatic rings. The van der Waals surface area contributed by atoms with Gasteiger partial charge in [-0.15, -0.1) is 0 Å². The number of ether oxygens (including phenoxy) is 2. The van der Waals surface area contributed by atoms with E-state index in [9.17, 15) is 14.9 Å². The fourth-order valence-corrected chi connectivity index (χ4v) is 1.69. The van der Waals surface area contributed by atoms with Crippen LogP contribution in [0, 0.1) is 10.1 Å². The summed E-state index contributed by atoms with van der Waals surface area (Å²) in [5, 5.41) is 13.7. The molecule has 1 N–H and O–H groups in total. The van der Waals surface area contributed by atoms with E-state index in [0.29, 0.717) is 0 Å². The molecule has 0 radical (unpaired) electrons. The van der Waals surface area contributed by atoms with Crippen LogP contribution in [0.15, 0.2) is 12.1 Å². The Morgan fingerprint density at radius 1 is 1.40 bits per heavy atom. The molecule has 0 spiro atoms. The number of nitro groups is 1. The minimum absolute atomic E-state index is 0.0319. The SMILES string of the molecule is CCC(C)NC(=O)c1c(OC)ccc([N+](=O)[O-])c1OC. The number of hydrogen-bond acceptors (Lipinski definition) is 5. The lowest BCUT2D eigenvalue weighted by Crippen LogP contribution is -2.32. The first-order valence-corrected chi connectivity index (χ1v) is 6.16. The Kier molecular flexibility index (Phi) is 5.31. The van der Waals surface area contributed by atoms with Crippen molar-refractivity contribution in [2.45, 2.75) is 26.3 Å². The predicted octanol–water partition coefficient (Wildman–Crippen LogP) is 2.14. The Bertz CT molecular complexity index is 516. The Morgan fingerprint density at radius 3 is 2.50 bits per heavy atom. The van der Waals surface area contributed by atoms with E-state index in [0.717, 1.165) is 6.42 Å². The smallest absolute Gasteiger partial charge is 0.312 e. The topological polar surface area (TPSA) is 90.7 Å². The van der Waals surface area contributed by atoms with Crippen LogP contribution in [0.5, 0.6) is 11.5 Å². The molecule has 1 unspecified atom stereocenters. The molecule has 0 aromatic heterocycles. The molecule has 7 nitrogen and oxygen atoms in total. The second kappa shape index (κ2) is 6.74. The number of amides is 1. The standard InChI is InChI=1S/C13H18N2O5/c1-5-8(2)14-13(16)11-10(19-3)7-6-9(15(17)18)12(11)20-4/h6-8H,5H2,1-4H3,(H,14,16). The van der Waals surface area contributed by atoms with Gasteiger partial charge in [-0.3, -0.25) is 14.9 Å². The molecular formula is C13H18N2O5. The van der Waals surface area contributed by atoms with Crippen molar-refractivity contribution in [2.24, 2.45) is 0 Å². The minimum Gasteiger partial charge on any atom is -0.496 e. The number of carbonyl (C=O) groups is 1. The van der Waals surface area contributed by atoms with Gasteiger partial charge in [-0.1, -0.05) is 6.92 Å². The molecule has 1 aromatic rings.